The molecule has 3 aromatic rings. The number of aryl methyl sites for hydroxylation is 1. The molecule has 0 bridgehead atoms. The van der Waals surface area contributed by atoms with Crippen molar-refractivity contribution >= 4 is 28.4 Å². The third-order valence-corrected chi connectivity index (χ3v) is 7.24. The lowest BCUT2D eigenvalue weighted by Gasteiger charge is -2.16. The monoisotopic (exact) mass is 437 g/mol. The van der Waals surface area contributed by atoms with Crippen molar-refractivity contribution in [3.63, 3.8) is 0 Å². The van der Waals surface area contributed by atoms with Crippen molar-refractivity contribution in [2.45, 2.75) is 63.4 Å². The van der Waals surface area contributed by atoms with Crippen LogP contribution in [0.25, 0.3) is 10.9 Å². The molecule has 1 saturated carbocycles. The fourth-order valence-corrected chi connectivity index (χ4v) is 5.46. The number of hydrogen-bond acceptors (Lipinski definition) is 5. The number of ether oxygens (including phenoxy) is 1. The van der Waals surface area contributed by atoms with Crippen molar-refractivity contribution in [2.24, 2.45) is 0 Å². The number of ketones is 1. The first kappa shape index (κ1) is 20.5. The van der Waals surface area contributed by atoms with Crippen LogP contribution in [0.5, 0.6) is 0 Å². The Bertz CT molecular complexity index is 1200. The normalized spacial score (nSPS) is 18.7. The van der Waals surface area contributed by atoms with Gasteiger partial charge in [-0.15, -0.1) is 0 Å². The summed E-state index contributed by atoms with van der Waals surface area (Å²) in [5, 5.41) is 1.19. The number of rotatable bonds is 7. The third-order valence-electron chi connectivity index (χ3n) is 6.27. The summed E-state index contributed by atoms with van der Waals surface area (Å²) >= 11 is 1.35. The highest BCUT2D eigenvalue weighted by Crippen LogP contribution is 2.38. The maximum atomic E-state index is 13.2. The van der Waals surface area contributed by atoms with E-state index in [9.17, 15) is 9.59 Å². The molecule has 2 aromatic heterocycles. The fourth-order valence-electron chi connectivity index (χ4n) is 4.57. The molecule has 1 saturated heterocycles. The molecule has 5 rings (SSSR count). The second kappa shape index (κ2) is 8.28. The summed E-state index contributed by atoms with van der Waals surface area (Å²) in [4.78, 5) is 31.0. The summed E-state index contributed by atoms with van der Waals surface area (Å²) in [5.41, 5.74) is 3.58. The molecule has 1 aromatic carbocycles. The maximum absolute atomic E-state index is 13.2. The van der Waals surface area contributed by atoms with E-state index < -0.39 is 0 Å². The van der Waals surface area contributed by atoms with E-state index in [1.807, 2.05) is 37.3 Å². The van der Waals surface area contributed by atoms with Crippen LogP contribution in [0.4, 0.5) is 0 Å². The molecule has 31 heavy (non-hydrogen) atoms. The summed E-state index contributed by atoms with van der Waals surface area (Å²) in [6.45, 7) is 5.31. The molecule has 1 aliphatic heterocycles. The van der Waals surface area contributed by atoms with Crippen molar-refractivity contribution in [1.29, 1.82) is 0 Å². The molecule has 2 fully saturated rings. The van der Waals surface area contributed by atoms with Gasteiger partial charge < -0.3 is 9.30 Å². The average Bonchev–Trinajstić information content (AvgIpc) is 3.36. The highest BCUT2D eigenvalue weighted by atomic mass is 32.2. The van der Waals surface area contributed by atoms with Crippen LogP contribution in [0.1, 0.15) is 53.5 Å². The van der Waals surface area contributed by atoms with Gasteiger partial charge in [0.1, 0.15) is 0 Å². The minimum atomic E-state index is -0.0667. The van der Waals surface area contributed by atoms with Crippen molar-refractivity contribution in [2.75, 3.05) is 12.4 Å². The zero-order chi connectivity index (χ0) is 21.5. The molecule has 7 heteroatoms. The zero-order valence-electron chi connectivity index (χ0n) is 18.0. The Morgan fingerprint density at radius 3 is 2.77 bits per heavy atom. The Morgan fingerprint density at radius 2 is 2.03 bits per heavy atom. The van der Waals surface area contributed by atoms with Gasteiger partial charge in [-0.05, 0) is 57.7 Å². The van der Waals surface area contributed by atoms with E-state index >= 15 is 0 Å². The van der Waals surface area contributed by atoms with Crippen LogP contribution in [0.2, 0.25) is 0 Å². The molecule has 162 valence electrons. The van der Waals surface area contributed by atoms with Gasteiger partial charge >= 0.3 is 0 Å². The van der Waals surface area contributed by atoms with Crippen molar-refractivity contribution < 1.29 is 9.53 Å². The quantitative estimate of drug-likeness (QED) is 0.313. The number of fused-ring (bicyclic) bond motifs is 1. The number of aromatic nitrogens is 3. The van der Waals surface area contributed by atoms with Gasteiger partial charge in [0, 0.05) is 29.6 Å². The number of nitrogens with zero attached hydrogens (tertiary/aromatic N) is 3. The minimum Gasteiger partial charge on any atom is -0.376 e. The molecule has 0 N–H and O–H groups in total. The predicted octanol–water partition coefficient (Wildman–Crippen LogP) is 4.30. The largest absolute Gasteiger partial charge is 0.376 e. The smallest absolute Gasteiger partial charge is 0.262 e. The van der Waals surface area contributed by atoms with E-state index in [0.717, 1.165) is 36.4 Å². The Balaban J connectivity index is 1.43. The van der Waals surface area contributed by atoms with Crippen LogP contribution >= 0.6 is 11.8 Å². The summed E-state index contributed by atoms with van der Waals surface area (Å²) in [6, 6.07) is 9.95. The Morgan fingerprint density at radius 1 is 1.23 bits per heavy atom. The first-order valence-corrected chi connectivity index (χ1v) is 12.0. The SMILES string of the molecule is Cc1cc(C(=O)CSc2nc3ccccc3c(=O)n2C[C@H]2CCCO2)c(C)n1C1CC1. The Hall–Kier alpha value is -2.38. The van der Waals surface area contributed by atoms with Gasteiger partial charge in [0.2, 0.25) is 0 Å². The molecule has 6 nitrogen and oxygen atoms in total. The summed E-state index contributed by atoms with van der Waals surface area (Å²) in [7, 11) is 0. The number of thioether (sulfide) groups is 1. The van der Waals surface area contributed by atoms with Crippen molar-refractivity contribution in [3.05, 3.63) is 57.6 Å². The van der Waals surface area contributed by atoms with E-state index in [1.165, 1.54) is 24.6 Å². The first-order valence-electron chi connectivity index (χ1n) is 11.0. The molecular formula is C24H27N3O3S. The average molecular weight is 438 g/mol. The highest BCUT2D eigenvalue weighted by molar-refractivity contribution is 7.99. The number of hydrogen-bond donors (Lipinski definition) is 0. The second-order valence-electron chi connectivity index (χ2n) is 8.56. The van der Waals surface area contributed by atoms with Crippen LogP contribution in [-0.4, -0.2) is 38.4 Å². The Kier molecular flexibility index (Phi) is 5.48. The van der Waals surface area contributed by atoms with Crippen molar-refractivity contribution in [1.82, 2.24) is 14.1 Å². The molecule has 1 atom stereocenters. The zero-order valence-corrected chi connectivity index (χ0v) is 18.8. The first-order chi connectivity index (χ1) is 15.0. The van der Waals surface area contributed by atoms with Crippen LogP contribution in [0, 0.1) is 13.8 Å². The van der Waals surface area contributed by atoms with Gasteiger partial charge in [0.05, 0.1) is 29.3 Å². The Labute approximate surface area is 185 Å². The van der Waals surface area contributed by atoms with Gasteiger partial charge in [-0.25, -0.2) is 4.98 Å². The van der Waals surface area contributed by atoms with E-state index in [-0.39, 0.29) is 23.2 Å². The summed E-state index contributed by atoms with van der Waals surface area (Å²) in [5.74, 6) is 0.335. The molecule has 0 spiro atoms. The van der Waals surface area contributed by atoms with Gasteiger partial charge in [0.25, 0.3) is 5.56 Å². The molecule has 0 unspecified atom stereocenters. The predicted molar refractivity (Wildman–Crippen MR) is 122 cm³/mol. The van der Waals surface area contributed by atoms with Gasteiger partial charge in [-0.3, -0.25) is 14.2 Å². The lowest BCUT2D eigenvalue weighted by Crippen LogP contribution is -2.29. The number of benzene rings is 1. The van der Waals surface area contributed by atoms with Crippen LogP contribution < -0.4 is 5.56 Å². The second-order valence-corrected chi connectivity index (χ2v) is 9.50. The lowest BCUT2D eigenvalue weighted by molar-refractivity contribution is 0.0937. The molecule has 2 aliphatic rings. The minimum absolute atomic E-state index is 0.0215. The van der Waals surface area contributed by atoms with Crippen LogP contribution in [-0.2, 0) is 11.3 Å². The lowest BCUT2D eigenvalue weighted by atomic mass is 10.2. The van der Waals surface area contributed by atoms with Gasteiger partial charge in [-0.1, -0.05) is 23.9 Å². The van der Waals surface area contributed by atoms with Gasteiger partial charge in [0.15, 0.2) is 10.9 Å². The number of carbonyl (C=O) groups is 1. The molecular weight excluding hydrogens is 410 g/mol. The molecule has 0 amide bonds. The van der Waals surface area contributed by atoms with Crippen LogP contribution in [0.3, 0.4) is 0 Å². The maximum Gasteiger partial charge on any atom is 0.262 e. The van der Waals surface area contributed by atoms with Gasteiger partial charge in [-0.2, -0.15) is 0 Å². The third kappa shape index (κ3) is 3.96. The van der Waals surface area contributed by atoms with E-state index in [0.29, 0.717) is 28.6 Å². The van der Waals surface area contributed by atoms with E-state index in [4.69, 9.17) is 9.72 Å². The van der Waals surface area contributed by atoms with Crippen LogP contribution in [0.15, 0.2) is 40.3 Å². The van der Waals surface area contributed by atoms with E-state index in [1.54, 1.807) is 4.57 Å². The molecule has 1 aliphatic carbocycles. The summed E-state index contributed by atoms with van der Waals surface area (Å²) in [6.07, 6.45) is 4.35. The number of carbonyl (C=O) groups excluding carboxylic acids is 1. The fraction of sp³-hybridized carbons (Fsp3) is 0.458. The number of Topliss-reactive ketones (excluding diaryl/α,β-unsaturated/α-hetero) is 1. The standard InChI is InChI=1S/C24H27N3O3S/c1-15-12-20(16(2)27(15)17-9-10-17)22(28)14-31-24-25-21-8-4-3-7-19(21)23(29)26(24)13-18-6-5-11-30-18/h3-4,7-8,12,17-18H,5-6,9-11,13-14H2,1-2H3/t18-/m1/s1. The highest BCUT2D eigenvalue weighted by Gasteiger charge is 2.28. The topological polar surface area (TPSA) is 66.1 Å². The summed E-state index contributed by atoms with van der Waals surface area (Å²) < 4.78 is 9.76. The molecule has 3 heterocycles. The van der Waals surface area contributed by atoms with E-state index in [2.05, 4.69) is 11.5 Å². The molecule has 0 radical (unpaired) electrons. The van der Waals surface area contributed by atoms with Crippen molar-refractivity contribution in [3.8, 4) is 0 Å². The number of para-hydroxylation sites is 1.